The molecule has 0 saturated heterocycles. The molecular formula is C20H16N4O3S. The molecule has 28 heavy (non-hydrogen) atoms. The zero-order valence-corrected chi connectivity index (χ0v) is 15.5. The molecule has 0 aliphatic heterocycles. The van der Waals surface area contributed by atoms with Crippen molar-refractivity contribution in [2.75, 3.05) is 0 Å². The van der Waals surface area contributed by atoms with E-state index in [1.165, 1.54) is 6.07 Å². The van der Waals surface area contributed by atoms with Gasteiger partial charge in [0.2, 0.25) is 15.8 Å². The Labute approximate surface area is 161 Å². The van der Waals surface area contributed by atoms with Crippen LogP contribution in [0.5, 0.6) is 0 Å². The molecule has 2 N–H and O–H groups in total. The van der Waals surface area contributed by atoms with Crippen LogP contribution in [-0.4, -0.2) is 23.5 Å². The fraction of sp³-hybridized carbons (Fsp3) is 0.0500. The Morgan fingerprint density at radius 2 is 1.68 bits per heavy atom. The van der Waals surface area contributed by atoms with Gasteiger partial charge in [-0.15, -0.1) is 0 Å². The van der Waals surface area contributed by atoms with Crippen molar-refractivity contribution in [1.29, 1.82) is 0 Å². The molecule has 7 nitrogen and oxygen atoms in total. The number of rotatable bonds is 5. The summed E-state index contributed by atoms with van der Waals surface area (Å²) in [5.41, 5.74) is 2.98. The normalized spacial score (nSPS) is 11.5. The van der Waals surface area contributed by atoms with Gasteiger partial charge in [-0.25, -0.2) is 13.6 Å². The Hall–Kier alpha value is -3.36. The number of primary sulfonamides is 1. The third-order valence-corrected chi connectivity index (χ3v) is 5.21. The molecule has 0 atom stereocenters. The first kappa shape index (κ1) is 18.0. The van der Waals surface area contributed by atoms with Crippen LogP contribution in [0.4, 0.5) is 0 Å². The molecule has 0 saturated carbocycles. The van der Waals surface area contributed by atoms with Gasteiger partial charge in [0.1, 0.15) is 5.69 Å². The predicted molar refractivity (Wildman–Crippen MR) is 104 cm³/mol. The Balaban J connectivity index is 1.57. The summed E-state index contributed by atoms with van der Waals surface area (Å²) in [7, 11) is -3.77. The average molecular weight is 392 g/mol. The second-order valence-electron chi connectivity index (χ2n) is 6.16. The largest absolute Gasteiger partial charge is 0.334 e. The topological polar surface area (TPSA) is 112 Å². The highest BCUT2D eigenvalue weighted by atomic mass is 32.2. The highest BCUT2D eigenvalue weighted by molar-refractivity contribution is 7.89. The molecule has 0 unspecified atom stereocenters. The summed E-state index contributed by atoms with van der Waals surface area (Å²) < 4.78 is 28.8. The summed E-state index contributed by atoms with van der Waals surface area (Å²) in [4.78, 5) is 8.71. The molecule has 2 aromatic heterocycles. The van der Waals surface area contributed by atoms with E-state index in [0.29, 0.717) is 29.4 Å². The van der Waals surface area contributed by atoms with Crippen molar-refractivity contribution in [3.05, 3.63) is 84.1 Å². The van der Waals surface area contributed by atoms with Gasteiger partial charge < -0.3 is 4.52 Å². The minimum absolute atomic E-state index is 0.135. The van der Waals surface area contributed by atoms with E-state index in [1.54, 1.807) is 30.5 Å². The van der Waals surface area contributed by atoms with Gasteiger partial charge in [0.15, 0.2) is 0 Å². The van der Waals surface area contributed by atoms with E-state index < -0.39 is 10.0 Å². The second-order valence-corrected chi connectivity index (χ2v) is 7.69. The van der Waals surface area contributed by atoms with Crippen LogP contribution < -0.4 is 5.14 Å². The number of pyridine rings is 1. The number of hydrogen-bond donors (Lipinski definition) is 1. The molecule has 0 aliphatic carbocycles. The lowest BCUT2D eigenvalue weighted by Gasteiger charge is -2.08. The van der Waals surface area contributed by atoms with E-state index in [1.807, 2.05) is 36.4 Å². The summed E-state index contributed by atoms with van der Waals surface area (Å²) in [6.07, 6.45) is 2.11. The first-order valence-electron chi connectivity index (χ1n) is 8.46. The lowest BCUT2D eigenvalue weighted by Crippen LogP contribution is -2.14. The number of hydrogen-bond acceptors (Lipinski definition) is 6. The molecule has 4 aromatic rings. The van der Waals surface area contributed by atoms with Crippen LogP contribution in [0.15, 0.2) is 82.3 Å². The van der Waals surface area contributed by atoms with Crippen LogP contribution >= 0.6 is 0 Å². The quantitative estimate of drug-likeness (QED) is 0.559. The minimum Gasteiger partial charge on any atom is -0.334 e. The first-order chi connectivity index (χ1) is 13.5. The highest BCUT2D eigenvalue weighted by Gasteiger charge is 2.14. The number of aromatic nitrogens is 3. The Morgan fingerprint density at radius 3 is 2.39 bits per heavy atom. The molecule has 8 heteroatoms. The van der Waals surface area contributed by atoms with Gasteiger partial charge in [-0.1, -0.05) is 41.6 Å². The monoisotopic (exact) mass is 392 g/mol. The SMILES string of the molecule is NS(=O)(=O)c1ccccc1Cc1ccc(-c2nc(-c3ccccn3)no2)cc1. The molecule has 0 radical (unpaired) electrons. The van der Waals surface area contributed by atoms with Crippen molar-refractivity contribution in [2.24, 2.45) is 5.14 Å². The van der Waals surface area contributed by atoms with Gasteiger partial charge >= 0.3 is 0 Å². The fourth-order valence-electron chi connectivity index (χ4n) is 2.85. The van der Waals surface area contributed by atoms with E-state index in [2.05, 4.69) is 15.1 Å². The lowest BCUT2D eigenvalue weighted by atomic mass is 10.0. The second kappa shape index (κ2) is 7.34. The van der Waals surface area contributed by atoms with Crippen LogP contribution in [0.1, 0.15) is 11.1 Å². The van der Waals surface area contributed by atoms with Crippen molar-refractivity contribution >= 4 is 10.0 Å². The highest BCUT2D eigenvalue weighted by Crippen LogP contribution is 2.23. The van der Waals surface area contributed by atoms with Gasteiger partial charge in [-0.05, 0) is 47.9 Å². The standard InChI is InChI=1S/C20H16N4O3S/c21-28(25,26)18-7-2-1-5-16(18)13-14-8-10-15(11-9-14)20-23-19(24-27-20)17-6-3-4-12-22-17/h1-12H,13H2,(H2,21,25,26). The Kier molecular flexibility index (Phi) is 4.72. The van der Waals surface area contributed by atoms with Crippen LogP contribution in [0, 0.1) is 0 Å². The van der Waals surface area contributed by atoms with Gasteiger partial charge in [-0.2, -0.15) is 4.98 Å². The predicted octanol–water partition coefficient (Wildman–Crippen LogP) is 3.04. The molecule has 0 spiro atoms. The van der Waals surface area contributed by atoms with E-state index >= 15 is 0 Å². The van der Waals surface area contributed by atoms with Crippen LogP contribution in [0.3, 0.4) is 0 Å². The molecule has 2 heterocycles. The molecule has 140 valence electrons. The molecule has 4 rings (SSSR count). The number of nitrogens with two attached hydrogens (primary N) is 1. The van der Waals surface area contributed by atoms with Crippen LogP contribution in [0.25, 0.3) is 23.0 Å². The zero-order chi connectivity index (χ0) is 19.6. The van der Waals surface area contributed by atoms with Gasteiger partial charge in [0.25, 0.3) is 5.89 Å². The van der Waals surface area contributed by atoms with Crippen molar-refractivity contribution < 1.29 is 12.9 Å². The van der Waals surface area contributed by atoms with E-state index in [9.17, 15) is 8.42 Å². The number of nitrogens with zero attached hydrogens (tertiary/aromatic N) is 3. The van der Waals surface area contributed by atoms with E-state index in [0.717, 1.165) is 11.1 Å². The smallest absolute Gasteiger partial charge is 0.258 e. The fourth-order valence-corrected chi connectivity index (χ4v) is 3.63. The molecule has 0 amide bonds. The van der Waals surface area contributed by atoms with Crippen molar-refractivity contribution in [3.63, 3.8) is 0 Å². The van der Waals surface area contributed by atoms with Gasteiger partial charge in [0, 0.05) is 11.8 Å². The van der Waals surface area contributed by atoms with E-state index in [4.69, 9.17) is 9.66 Å². The number of sulfonamides is 1. The molecule has 0 aliphatic rings. The zero-order valence-electron chi connectivity index (χ0n) is 14.7. The van der Waals surface area contributed by atoms with Crippen molar-refractivity contribution in [1.82, 2.24) is 15.1 Å². The van der Waals surface area contributed by atoms with Gasteiger partial charge in [0.05, 0.1) is 4.90 Å². The van der Waals surface area contributed by atoms with Crippen molar-refractivity contribution in [3.8, 4) is 23.0 Å². The van der Waals surface area contributed by atoms with Crippen molar-refractivity contribution in [2.45, 2.75) is 11.3 Å². The molecule has 0 fully saturated rings. The summed E-state index contributed by atoms with van der Waals surface area (Å²) in [6, 6.07) is 19.7. The summed E-state index contributed by atoms with van der Waals surface area (Å²) in [6.45, 7) is 0. The maximum absolute atomic E-state index is 11.7. The average Bonchev–Trinajstić information content (AvgIpc) is 3.19. The molecular weight excluding hydrogens is 376 g/mol. The Bertz CT molecular complexity index is 1200. The Morgan fingerprint density at radius 1 is 0.929 bits per heavy atom. The van der Waals surface area contributed by atoms with E-state index in [-0.39, 0.29) is 4.90 Å². The van der Waals surface area contributed by atoms with Crippen LogP contribution in [-0.2, 0) is 16.4 Å². The first-order valence-corrected chi connectivity index (χ1v) is 10.0. The maximum atomic E-state index is 11.7. The summed E-state index contributed by atoms with van der Waals surface area (Å²) in [5, 5.41) is 9.26. The third-order valence-electron chi connectivity index (χ3n) is 4.19. The van der Waals surface area contributed by atoms with Gasteiger partial charge in [-0.3, -0.25) is 4.98 Å². The summed E-state index contributed by atoms with van der Waals surface area (Å²) >= 11 is 0. The maximum Gasteiger partial charge on any atom is 0.258 e. The number of benzene rings is 2. The molecule has 2 aromatic carbocycles. The minimum atomic E-state index is -3.77. The summed E-state index contributed by atoms with van der Waals surface area (Å²) in [5.74, 6) is 0.805. The lowest BCUT2D eigenvalue weighted by molar-refractivity contribution is 0.432. The third kappa shape index (κ3) is 3.83. The molecule has 0 bridgehead atoms. The van der Waals surface area contributed by atoms with Crippen LogP contribution in [0.2, 0.25) is 0 Å².